The normalized spacial score (nSPS) is 19.8. The average Bonchev–Trinajstić information content (AvgIpc) is 2.99. The van der Waals surface area contributed by atoms with E-state index >= 15 is 0 Å². The van der Waals surface area contributed by atoms with Gasteiger partial charge in [-0.25, -0.2) is 0 Å². The Balaban J connectivity index is 1.97. The van der Waals surface area contributed by atoms with Crippen LogP contribution in [0.5, 0.6) is 0 Å². The lowest BCUT2D eigenvalue weighted by Gasteiger charge is -1.98. The maximum Gasteiger partial charge on any atom is 0.108 e. The summed E-state index contributed by atoms with van der Waals surface area (Å²) >= 11 is 0. The zero-order valence-corrected chi connectivity index (χ0v) is 7.27. The summed E-state index contributed by atoms with van der Waals surface area (Å²) in [5.74, 6) is 0. The van der Waals surface area contributed by atoms with Crippen LogP contribution in [0.4, 0.5) is 5.69 Å². The summed E-state index contributed by atoms with van der Waals surface area (Å²) in [6, 6.07) is 7.41. The molecule has 13 heavy (non-hydrogen) atoms. The molecule has 0 amide bonds. The van der Waals surface area contributed by atoms with Crippen molar-refractivity contribution in [2.75, 3.05) is 6.61 Å². The van der Waals surface area contributed by atoms with Gasteiger partial charge in [-0.05, 0) is 35.7 Å². The molecule has 0 spiro atoms. The van der Waals surface area contributed by atoms with E-state index in [-0.39, 0.29) is 0 Å². The SMILES string of the molecule is O=Nc1cccc(CCC2CO2)c1. The molecule has 1 aromatic rings. The third-order valence-electron chi connectivity index (χ3n) is 2.17. The molecule has 0 N–H and O–H groups in total. The van der Waals surface area contributed by atoms with Crippen molar-refractivity contribution < 1.29 is 4.74 Å². The standard InChI is InChI=1S/C10H11NO2/c12-11-9-3-1-2-8(6-9)4-5-10-7-13-10/h1-3,6,10H,4-5,7H2. The second-order valence-electron chi connectivity index (χ2n) is 3.26. The highest BCUT2D eigenvalue weighted by molar-refractivity contribution is 5.39. The third kappa shape index (κ3) is 2.36. The Hall–Kier alpha value is -1.22. The molecule has 0 bridgehead atoms. The van der Waals surface area contributed by atoms with E-state index in [1.165, 1.54) is 0 Å². The third-order valence-corrected chi connectivity index (χ3v) is 2.17. The van der Waals surface area contributed by atoms with Gasteiger partial charge in [0.2, 0.25) is 0 Å². The largest absolute Gasteiger partial charge is 0.373 e. The molecular formula is C10H11NO2. The van der Waals surface area contributed by atoms with Crippen molar-refractivity contribution in [3.05, 3.63) is 34.7 Å². The van der Waals surface area contributed by atoms with Crippen molar-refractivity contribution in [2.45, 2.75) is 18.9 Å². The lowest BCUT2D eigenvalue weighted by molar-refractivity contribution is 0.397. The van der Waals surface area contributed by atoms with E-state index in [1.54, 1.807) is 6.07 Å². The average molecular weight is 177 g/mol. The lowest BCUT2D eigenvalue weighted by atomic mass is 10.1. The Kier molecular flexibility index (Phi) is 2.36. The first kappa shape index (κ1) is 8.38. The van der Waals surface area contributed by atoms with Crippen LogP contribution in [0.1, 0.15) is 12.0 Å². The van der Waals surface area contributed by atoms with Gasteiger partial charge in [-0.3, -0.25) is 0 Å². The molecule has 1 aliphatic rings. The molecule has 1 saturated heterocycles. The molecule has 1 atom stereocenters. The van der Waals surface area contributed by atoms with Gasteiger partial charge in [0.1, 0.15) is 5.69 Å². The molecule has 0 radical (unpaired) electrons. The number of rotatable bonds is 4. The van der Waals surface area contributed by atoms with E-state index < -0.39 is 0 Å². The predicted molar refractivity (Wildman–Crippen MR) is 50.0 cm³/mol. The first-order valence-corrected chi connectivity index (χ1v) is 4.42. The Morgan fingerprint density at radius 2 is 2.38 bits per heavy atom. The number of aryl methyl sites for hydroxylation is 1. The highest BCUT2D eigenvalue weighted by atomic mass is 16.6. The van der Waals surface area contributed by atoms with Gasteiger partial charge in [0, 0.05) is 0 Å². The molecule has 2 rings (SSSR count). The summed E-state index contributed by atoms with van der Waals surface area (Å²) in [6.45, 7) is 0.894. The van der Waals surface area contributed by atoms with Crippen molar-refractivity contribution in [2.24, 2.45) is 5.18 Å². The van der Waals surface area contributed by atoms with Crippen LogP contribution in [0.25, 0.3) is 0 Å². The van der Waals surface area contributed by atoms with E-state index in [2.05, 4.69) is 5.18 Å². The lowest BCUT2D eigenvalue weighted by Crippen LogP contribution is -1.90. The smallest absolute Gasteiger partial charge is 0.108 e. The Labute approximate surface area is 76.7 Å². The van der Waals surface area contributed by atoms with E-state index in [9.17, 15) is 4.91 Å². The number of ether oxygens (including phenoxy) is 1. The van der Waals surface area contributed by atoms with Gasteiger partial charge < -0.3 is 4.74 Å². The molecular weight excluding hydrogens is 166 g/mol. The first-order valence-electron chi connectivity index (χ1n) is 4.42. The molecule has 1 aromatic carbocycles. The van der Waals surface area contributed by atoms with Crippen LogP contribution in [0.2, 0.25) is 0 Å². The highest BCUT2D eigenvalue weighted by Gasteiger charge is 2.21. The van der Waals surface area contributed by atoms with E-state index in [0.29, 0.717) is 11.8 Å². The summed E-state index contributed by atoms with van der Waals surface area (Å²) in [4.78, 5) is 10.2. The monoisotopic (exact) mass is 177 g/mol. The van der Waals surface area contributed by atoms with Crippen LogP contribution < -0.4 is 0 Å². The molecule has 1 fully saturated rings. The van der Waals surface area contributed by atoms with Gasteiger partial charge in [-0.2, -0.15) is 0 Å². The first-order chi connectivity index (χ1) is 6.38. The minimum atomic E-state index is 0.452. The van der Waals surface area contributed by atoms with Crippen LogP contribution in [0.15, 0.2) is 29.4 Å². The number of nitrogens with zero attached hydrogens (tertiary/aromatic N) is 1. The van der Waals surface area contributed by atoms with Gasteiger partial charge in [0.05, 0.1) is 12.7 Å². The molecule has 0 aromatic heterocycles. The zero-order valence-electron chi connectivity index (χ0n) is 7.27. The fourth-order valence-electron chi connectivity index (χ4n) is 1.33. The minimum absolute atomic E-state index is 0.452. The summed E-state index contributed by atoms with van der Waals surface area (Å²) in [6.07, 6.45) is 2.46. The van der Waals surface area contributed by atoms with E-state index in [0.717, 1.165) is 25.0 Å². The Morgan fingerprint density at radius 1 is 1.54 bits per heavy atom. The van der Waals surface area contributed by atoms with Crippen molar-refractivity contribution >= 4 is 5.69 Å². The predicted octanol–water partition coefficient (Wildman–Crippen LogP) is 2.42. The van der Waals surface area contributed by atoms with E-state index in [1.807, 2.05) is 18.2 Å². The van der Waals surface area contributed by atoms with Crippen molar-refractivity contribution in [3.8, 4) is 0 Å². The van der Waals surface area contributed by atoms with Crippen molar-refractivity contribution in [3.63, 3.8) is 0 Å². The zero-order chi connectivity index (χ0) is 9.10. The fraction of sp³-hybridized carbons (Fsp3) is 0.400. The van der Waals surface area contributed by atoms with Crippen LogP contribution in [-0.2, 0) is 11.2 Å². The maximum atomic E-state index is 10.2. The van der Waals surface area contributed by atoms with Crippen LogP contribution in [-0.4, -0.2) is 12.7 Å². The second kappa shape index (κ2) is 3.66. The fourth-order valence-corrected chi connectivity index (χ4v) is 1.33. The summed E-state index contributed by atoms with van der Waals surface area (Å²) in [7, 11) is 0. The molecule has 0 saturated carbocycles. The second-order valence-corrected chi connectivity index (χ2v) is 3.26. The molecule has 68 valence electrons. The van der Waals surface area contributed by atoms with Gasteiger partial charge in [0.15, 0.2) is 0 Å². The summed E-state index contributed by atoms with van der Waals surface area (Å²) in [5.41, 5.74) is 1.67. The van der Waals surface area contributed by atoms with Gasteiger partial charge in [0.25, 0.3) is 0 Å². The van der Waals surface area contributed by atoms with Crippen molar-refractivity contribution in [1.82, 2.24) is 0 Å². The van der Waals surface area contributed by atoms with Crippen LogP contribution >= 0.6 is 0 Å². The summed E-state index contributed by atoms with van der Waals surface area (Å²) in [5, 5.41) is 2.89. The molecule has 3 heteroatoms. The molecule has 1 unspecified atom stereocenters. The topological polar surface area (TPSA) is 42.0 Å². The van der Waals surface area contributed by atoms with Crippen molar-refractivity contribution in [1.29, 1.82) is 0 Å². The van der Waals surface area contributed by atoms with Crippen LogP contribution in [0.3, 0.4) is 0 Å². The molecule has 1 aliphatic heterocycles. The molecule has 0 aliphatic carbocycles. The maximum absolute atomic E-state index is 10.2. The van der Waals surface area contributed by atoms with Gasteiger partial charge >= 0.3 is 0 Å². The summed E-state index contributed by atoms with van der Waals surface area (Å²) < 4.78 is 5.10. The Bertz CT molecular complexity index is 308. The highest BCUT2D eigenvalue weighted by Crippen LogP contribution is 2.19. The quantitative estimate of drug-likeness (QED) is 0.523. The number of hydrogen-bond acceptors (Lipinski definition) is 3. The number of epoxide rings is 1. The number of hydrogen-bond donors (Lipinski definition) is 0. The molecule has 1 heterocycles. The number of nitroso groups, excluding NO2 is 1. The Morgan fingerprint density at radius 3 is 3.08 bits per heavy atom. The van der Waals surface area contributed by atoms with Gasteiger partial charge in [-0.1, -0.05) is 12.1 Å². The molecule has 3 nitrogen and oxygen atoms in total. The van der Waals surface area contributed by atoms with Gasteiger partial charge in [-0.15, -0.1) is 4.91 Å². The van der Waals surface area contributed by atoms with Crippen LogP contribution in [0, 0.1) is 4.91 Å². The minimum Gasteiger partial charge on any atom is -0.373 e. The van der Waals surface area contributed by atoms with E-state index in [4.69, 9.17) is 4.74 Å². The number of benzene rings is 1.